The van der Waals surface area contributed by atoms with Gasteiger partial charge in [0.2, 0.25) is 5.88 Å². The first kappa shape index (κ1) is 29.6. The van der Waals surface area contributed by atoms with Crippen LogP contribution in [0, 0.1) is 9.62 Å². The highest BCUT2D eigenvalue weighted by Crippen LogP contribution is 2.40. The molecule has 1 aliphatic carbocycles. The Hall–Kier alpha value is -2.89. The number of carbonyl (C=O) groups excluding carboxylic acids is 1. The molecule has 1 saturated carbocycles. The van der Waals surface area contributed by atoms with E-state index in [1.807, 2.05) is 68.9 Å². The van der Waals surface area contributed by atoms with E-state index in [4.69, 9.17) is 26.1 Å². The molecular formula is C31H34ClIN4O4. The van der Waals surface area contributed by atoms with E-state index >= 15 is 0 Å². The predicted molar refractivity (Wildman–Crippen MR) is 169 cm³/mol. The number of aliphatic hydroxyl groups is 1. The zero-order valence-corrected chi connectivity index (χ0v) is 26.7. The number of ether oxygens (including phenoxy) is 2. The monoisotopic (exact) mass is 688 g/mol. The number of aryl methyl sites for hydroxylation is 1. The first-order chi connectivity index (χ1) is 19.4. The summed E-state index contributed by atoms with van der Waals surface area (Å²) in [4.78, 5) is 19.6. The lowest BCUT2D eigenvalue weighted by molar-refractivity contribution is -0.00238. The maximum atomic E-state index is 13.1. The first-order valence-electron chi connectivity index (χ1n) is 13.6. The Balaban J connectivity index is 1.47. The molecule has 5 rings (SSSR count). The molecule has 0 unspecified atom stereocenters. The minimum Gasteiger partial charge on any atom is -0.481 e. The molecule has 0 atom stereocenters. The third-order valence-corrected chi connectivity index (χ3v) is 8.42. The van der Waals surface area contributed by atoms with Gasteiger partial charge < -0.3 is 19.5 Å². The summed E-state index contributed by atoms with van der Waals surface area (Å²) in [5.74, 6) is 0.638. The quantitative estimate of drug-likeness (QED) is 0.209. The number of aromatic nitrogens is 3. The van der Waals surface area contributed by atoms with Crippen molar-refractivity contribution >= 4 is 51.2 Å². The van der Waals surface area contributed by atoms with Gasteiger partial charge in [-0.15, -0.1) is 0 Å². The molecule has 1 amide bonds. The molecule has 216 valence electrons. The second kappa shape index (κ2) is 11.8. The molecule has 2 heterocycles. The number of hydrogen-bond donors (Lipinski definition) is 1. The molecule has 1 fully saturated rings. The standard InChI is InChI=1S/C31H34ClIN4O4/c1-31(2,3)41-30(39)37(16-18-14-20(38)15-18)17-19-12-13-25(34-29(19)40-5)23-10-6-8-21(26(23)32)22-9-7-11-24-27(22)36(4)35-28(24)33/h6-13,18,20,38H,14-17H2,1-5H3. The Morgan fingerprint density at radius 2 is 1.80 bits per heavy atom. The highest BCUT2D eigenvalue weighted by Gasteiger charge is 2.32. The number of rotatable bonds is 7. The van der Waals surface area contributed by atoms with Crippen molar-refractivity contribution in [3.8, 4) is 28.3 Å². The van der Waals surface area contributed by atoms with Crippen molar-refractivity contribution in [2.75, 3.05) is 13.7 Å². The second-order valence-electron chi connectivity index (χ2n) is 11.5. The second-order valence-corrected chi connectivity index (χ2v) is 12.9. The summed E-state index contributed by atoms with van der Waals surface area (Å²) >= 11 is 9.30. The zero-order valence-electron chi connectivity index (χ0n) is 23.8. The van der Waals surface area contributed by atoms with Crippen molar-refractivity contribution in [1.82, 2.24) is 19.7 Å². The average molecular weight is 689 g/mol. The van der Waals surface area contributed by atoms with Gasteiger partial charge in [-0.25, -0.2) is 9.78 Å². The number of benzene rings is 2. The average Bonchev–Trinajstić information content (AvgIpc) is 3.20. The minimum atomic E-state index is -0.625. The third kappa shape index (κ3) is 6.32. The number of methoxy groups -OCH3 is 1. The fraction of sp³-hybridized carbons (Fsp3) is 0.387. The van der Waals surface area contributed by atoms with E-state index in [1.54, 1.807) is 12.0 Å². The van der Waals surface area contributed by atoms with Crippen LogP contribution in [0.4, 0.5) is 4.79 Å². The molecule has 0 radical (unpaired) electrons. The van der Waals surface area contributed by atoms with E-state index in [2.05, 4.69) is 39.8 Å². The van der Waals surface area contributed by atoms with Crippen LogP contribution in [0.3, 0.4) is 0 Å². The van der Waals surface area contributed by atoms with Crippen molar-refractivity contribution in [1.29, 1.82) is 0 Å². The lowest BCUT2D eigenvalue weighted by Crippen LogP contribution is -2.43. The fourth-order valence-corrected chi connectivity index (χ4v) is 6.35. The first-order valence-corrected chi connectivity index (χ1v) is 15.0. The number of nitrogens with zero attached hydrogens (tertiary/aromatic N) is 4. The van der Waals surface area contributed by atoms with Crippen molar-refractivity contribution in [2.45, 2.75) is 51.9 Å². The van der Waals surface area contributed by atoms with Crippen LogP contribution in [-0.2, 0) is 18.3 Å². The number of pyridine rings is 1. The number of halogens is 2. The van der Waals surface area contributed by atoms with E-state index in [0.717, 1.165) is 36.9 Å². The number of para-hydroxylation sites is 1. The lowest BCUT2D eigenvalue weighted by Gasteiger charge is -2.36. The summed E-state index contributed by atoms with van der Waals surface area (Å²) in [6, 6.07) is 15.9. The van der Waals surface area contributed by atoms with Crippen molar-refractivity contribution in [2.24, 2.45) is 13.0 Å². The van der Waals surface area contributed by atoms with Gasteiger partial charge in [-0.3, -0.25) is 4.68 Å². The Bertz CT molecular complexity index is 1590. The highest BCUT2D eigenvalue weighted by molar-refractivity contribution is 14.1. The minimum absolute atomic E-state index is 0.226. The van der Waals surface area contributed by atoms with Gasteiger partial charge in [-0.05, 0) is 74.3 Å². The van der Waals surface area contributed by atoms with Gasteiger partial charge in [0, 0.05) is 41.2 Å². The Morgan fingerprint density at radius 1 is 1.12 bits per heavy atom. The van der Waals surface area contributed by atoms with Gasteiger partial charge in [0.15, 0.2) is 0 Å². The molecule has 2 aromatic carbocycles. The number of hydrogen-bond acceptors (Lipinski definition) is 6. The lowest BCUT2D eigenvalue weighted by atomic mass is 9.82. The smallest absolute Gasteiger partial charge is 0.410 e. The summed E-state index contributed by atoms with van der Waals surface area (Å²) in [6.07, 6.45) is 0.646. The molecule has 0 bridgehead atoms. The molecule has 8 nitrogen and oxygen atoms in total. The number of fused-ring (bicyclic) bond motifs is 1. The van der Waals surface area contributed by atoms with Crippen LogP contribution in [-0.4, -0.2) is 56.2 Å². The maximum absolute atomic E-state index is 13.1. The van der Waals surface area contributed by atoms with Crippen LogP contribution in [0.15, 0.2) is 48.5 Å². The molecule has 10 heteroatoms. The largest absolute Gasteiger partial charge is 0.481 e. The number of aliphatic hydroxyl groups excluding tert-OH is 1. The Labute approximate surface area is 258 Å². The van der Waals surface area contributed by atoms with Crippen LogP contribution in [0.1, 0.15) is 39.2 Å². The Kier molecular flexibility index (Phi) is 8.50. The van der Waals surface area contributed by atoms with Gasteiger partial charge >= 0.3 is 6.09 Å². The van der Waals surface area contributed by atoms with Crippen LogP contribution in [0.2, 0.25) is 5.02 Å². The van der Waals surface area contributed by atoms with Gasteiger partial charge in [-0.2, -0.15) is 5.10 Å². The molecule has 2 aromatic heterocycles. The van der Waals surface area contributed by atoms with Gasteiger partial charge in [0.25, 0.3) is 0 Å². The SMILES string of the molecule is COc1nc(-c2cccc(-c3cccc4c(I)nn(C)c34)c2Cl)ccc1CN(CC1CC(O)C1)C(=O)OC(C)(C)C. The summed E-state index contributed by atoms with van der Waals surface area (Å²) in [7, 11) is 3.50. The van der Waals surface area contributed by atoms with Crippen LogP contribution in [0.5, 0.6) is 5.88 Å². The van der Waals surface area contributed by atoms with Crippen molar-refractivity contribution in [3.63, 3.8) is 0 Å². The molecule has 0 spiro atoms. The maximum Gasteiger partial charge on any atom is 0.410 e. The Morgan fingerprint density at radius 3 is 2.49 bits per heavy atom. The van der Waals surface area contributed by atoms with Crippen LogP contribution >= 0.6 is 34.2 Å². The summed E-state index contributed by atoms with van der Waals surface area (Å²) in [5.41, 5.74) is 4.45. The van der Waals surface area contributed by atoms with E-state index < -0.39 is 11.7 Å². The summed E-state index contributed by atoms with van der Waals surface area (Å²) < 4.78 is 14.2. The van der Waals surface area contributed by atoms with Crippen molar-refractivity contribution in [3.05, 3.63) is 62.8 Å². The fourth-order valence-electron chi connectivity index (χ4n) is 5.26. The van der Waals surface area contributed by atoms with Gasteiger partial charge in [-0.1, -0.05) is 48.0 Å². The molecule has 1 aliphatic rings. The summed E-state index contributed by atoms with van der Waals surface area (Å²) in [6.45, 7) is 6.30. The normalized spacial score (nSPS) is 16.9. The van der Waals surface area contributed by atoms with Crippen LogP contribution < -0.4 is 4.74 Å². The topological polar surface area (TPSA) is 89.7 Å². The molecule has 4 aromatic rings. The van der Waals surface area contributed by atoms with Crippen LogP contribution in [0.25, 0.3) is 33.3 Å². The van der Waals surface area contributed by atoms with E-state index in [1.165, 1.54) is 0 Å². The molecule has 41 heavy (non-hydrogen) atoms. The zero-order chi connectivity index (χ0) is 29.5. The molecular weight excluding hydrogens is 655 g/mol. The van der Waals surface area contributed by atoms with Crippen molar-refractivity contribution < 1.29 is 19.4 Å². The molecule has 0 aliphatic heterocycles. The predicted octanol–water partition coefficient (Wildman–Crippen LogP) is 7.08. The van der Waals surface area contributed by atoms with Gasteiger partial charge in [0.05, 0.1) is 36.0 Å². The highest BCUT2D eigenvalue weighted by atomic mass is 127. The van der Waals surface area contributed by atoms with E-state index in [0.29, 0.717) is 36.0 Å². The third-order valence-electron chi connectivity index (χ3n) is 7.22. The number of carbonyl (C=O) groups is 1. The van der Waals surface area contributed by atoms with E-state index in [9.17, 15) is 9.90 Å². The summed E-state index contributed by atoms with van der Waals surface area (Å²) in [5, 5.41) is 16.0. The van der Waals surface area contributed by atoms with Gasteiger partial charge in [0.1, 0.15) is 9.30 Å². The number of amides is 1. The molecule has 1 N–H and O–H groups in total. The van der Waals surface area contributed by atoms with E-state index in [-0.39, 0.29) is 18.6 Å². The molecule has 0 saturated heterocycles.